The molecule has 0 atom stereocenters. The molecule has 0 bridgehead atoms. The number of hydrogen-bond donors (Lipinski definition) is 1. The molecule has 5 heteroatoms. The maximum atomic E-state index is 13.1. The van der Waals surface area contributed by atoms with Crippen molar-refractivity contribution < 1.29 is 19.4 Å². The van der Waals surface area contributed by atoms with Crippen molar-refractivity contribution in [2.75, 3.05) is 26.3 Å². The Kier molecular flexibility index (Phi) is 7.03. The second-order valence-electron chi connectivity index (χ2n) is 8.66. The second-order valence-corrected chi connectivity index (χ2v) is 8.66. The lowest BCUT2D eigenvalue weighted by molar-refractivity contribution is -0.136. The number of ether oxygens (including phenoxy) is 1. The van der Waals surface area contributed by atoms with Crippen molar-refractivity contribution in [1.82, 2.24) is 4.90 Å². The maximum absolute atomic E-state index is 13.1. The van der Waals surface area contributed by atoms with E-state index in [9.17, 15) is 14.7 Å². The summed E-state index contributed by atoms with van der Waals surface area (Å²) in [6.45, 7) is 2.38. The first-order valence-corrected chi connectivity index (χ1v) is 11.4. The molecule has 5 nitrogen and oxygen atoms in total. The average Bonchev–Trinajstić information content (AvgIpc) is 2.80. The molecular formula is C26H31NO4. The molecule has 1 saturated heterocycles. The van der Waals surface area contributed by atoms with Gasteiger partial charge in [0.15, 0.2) is 0 Å². The van der Waals surface area contributed by atoms with Crippen LogP contribution in [0, 0.1) is 0 Å². The van der Waals surface area contributed by atoms with Gasteiger partial charge < -0.3 is 14.7 Å². The topological polar surface area (TPSA) is 66.8 Å². The fourth-order valence-corrected chi connectivity index (χ4v) is 4.99. The van der Waals surface area contributed by atoms with Crippen LogP contribution in [0.2, 0.25) is 0 Å². The number of hydrogen-bond acceptors (Lipinski definition) is 3. The standard InChI is InChI=1S/C26H31NO4/c28-24(27-11-13-31-14-12-27)18-22-15-19(17-25(29)30)16-23(20-7-3-1-4-8-20)26(22)21-9-5-2-6-10-21/h2,5-6,9-10,15-16,20H,1,3-4,7-8,11-14,17-18H2,(H,29,30). The van der Waals surface area contributed by atoms with Gasteiger partial charge in [-0.3, -0.25) is 9.59 Å². The molecule has 1 aliphatic heterocycles. The zero-order valence-corrected chi connectivity index (χ0v) is 18.0. The number of carboxylic acids is 1. The van der Waals surface area contributed by atoms with Gasteiger partial charge in [-0.1, -0.05) is 61.7 Å². The molecule has 1 N–H and O–H groups in total. The molecule has 1 saturated carbocycles. The highest BCUT2D eigenvalue weighted by molar-refractivity contribution is 5.84. The summed E-state index contributed by atoms with van der Waals surface area (Å²) in [5.74, 6) is -0.343. The average molecular weight is 422 g/mol. The third-order valence-electron chi connectivity index (χ3n) is 6.48. The predicted octanol–water partition coefficient (Wildman–Crippen LogP) is 4.43. The van der Waals surface area contributed by atoms with Crippen molar-refractivity contribution in [3.63, 3.8) is 0 Å². The number of carboxylic acid groups (broad SMARTS) is 1. The first-order valence-electron chi connectivity index (χ1n) is 11.4. The van der Waals surface area contributed by atoms with Crippen molar-refractivity contribution in [2.24, 2.45) is 0 Å². The van der Waals surface area contributed by atoms with Gasteiger partial charge in [0.1, 0.15) is 0 Å². The fraction of sp³-hybridized carbons (Fsp3) is 0.462. The summed E-state index contributed by atoms with van der Waals surface area (Å²) in [5.41, 5.74) is 5.19. The molecule has 0 radical (unpaired) electrons. The highest BCUT2D eigenvalue weighted by Gasteiger charge is 2.25. The van der Waals surface area contributed by atoms with Gasteiger partial charge in [0.05, 0.1) is 26.1 Å². The number of rotatable bonds is 6. The van der Waals surface area contributed by atoms with Crippen molar-refractivity contribution in [3.8, 4) is 11.1 Å². The van der Waals surface area contributed by atoms with E-state index >= 15 is 0 Å². The first-order chi connectivity index (χ1) is 15.1. The number of benzene rings is 2. The van der Waals surface area contributed by atoms with Crippen molar-refractivity contribution >= 4 is 11.9 Å². The Labute approximate surface area is 184 Å². The Morgan fingerprint density at radius 3 is 2.35 bits per heavy atom. The third kappa shape index (κ3) is 5.34. The summed E-state index contributed by atoms with van der Waals surface area (Å²) in [6, 6.07) is 14.3. The summed E-state index contributed by atoms with van der Waals surface area (Å²) in [7, 11) is 0. The van der Waals surface area contributed by atoms with E-state index in [0.717, 1.165) is 35.1 Å². The lowest BCUT2D eigenvalue weighted by atomic mass is 9.78. The summed E-state index contributed by atoms with van der Waals surface area (Å²) >= 11 is 0. The number of aliphatic carboxylic acids is 1. The monoisotopic (exact) mass is 421 g/mol. The highest BCUT2D eigenvalue weighted by atomic mass is 16.5. The van der Waals surface area contributed by atoms with Crippen molar-refractivity contribution in [3.05, 3.63) is 59.2 Å². The molecule has 2 aromatic carbocycles. The van der Waals surface area contributed by atoms with Gasteiger partial charge in [-0.25, -0.2) is 0 Å². The van der Waals surface area contributed by atoms with Gasteiger partial charge in [-0.2, -0.15) is 0 Å². The molecule has 2 fully saturated rings. The Morgan fingerprint density at radius 1 is 0.968 bits per heavy atom. The van der Waals surface area contributed by atoms with Crippen LogP contribution >= 0.6 is 0 Å². The summed E-state index contributed by atoms with van der Waals surface area (Å²) in [6.07, 6.45) is 6.16. The fourth-order valence-electron chi connectivity index (χ4n) is 4.99. The summed E-state index contributed by atoms with van der Waals surface area (Å²) in [5, 5.41) is 9.44. The molecule has 0 unspecified atom stereocenters. The van der Waals surface area contributed by atoms with Gasteiger partial charge in [0, 0.05) is 13.1 Å². The van der Waals surface area contributed by atoms with Crippen molar-refractivity contribution in [1.29, 1.82) is 0 Å². The van der Waals surface area contributed by atoms with Crippen LogP contribution in [0.25, 0.3) is 11.1 Å². The summed E-state index contributed by atoms with van der Waals surface area (Å²) in [4.78, 5) is 26.5. The molecule has 4 rings (SSSR count). The van der Waals surface area contributed by atoms with Crippen LogP contribution in [0.1, 0.15) is 54.7 Å². The van der Waals surface area contributed by atoms with Crippen LogP contribution in [-0.2, 0) is 27.2 Å². The van der Waals surface area contributed by atoms with Gasteiger partial charge in [-0.05, 0) is 46.6 Å². The normalized spacial score (nSPS) is 17.5. The smallest absolute Gasteiger partial charge is 0.307 e. The molecule has 0 aromatic heterocycles. The van der Waals surface area contributed by atoms with Gasteiger partial charge >= 0.3 is 5.97 Å². The third-order valence-corrected chi connectivity index (χ3v) is 6.48. The Hall–Kier alpha value is -2.66. The highest BCUT2D eigenvalue weighted by Crippen LogP contribution is 2.41. The molecule has 2 aliphatic rings. The molecule has 31 heavy (non-hydrogen) atoms. The Balaban J connectivity index is 1.79. The van der Waals surface area contributed by atoms with Crippen LogP contribution in [0.4, 0.5) is 0 Å². The van der Waals surface area contributed by atoms with Gasteiger partial charge in [0.25, 0.3) is 0 Å². The lowest BCUT2D eigenvalue weighted by Gasteiger charge is -2.29. The van der Waals surface area contributed by atoms with E-state index < -0.39 is 5.97 Å². The molecule has 1 heterocycles. The zero-order valence-electron chi connectivity index (χ0n) is 18.0. The Morgan fingerprint density at radius 2 is 1.68 bits per heavy atom. The molecule has 0 spiro atoms. The number of carbonyl (C=O) groups excluding carboxylic acids is 1. The van der Waals surface area contributed by atoms with E-state index in [1.807, 2.05) is 29.2 Å². The minimum Gasteiger partial charge on any atom is -0.481 e. The van der Waals surface area contributed by atoms with E-state index in [2.05, 4.69) is 18.2 Å². The largest absolute Gasteiger partial charge is 0.481 e. The lowest BCUT2D eigenvalue weighted by Crippen LogP contribution is -2.41. The number of nitrogens with zero attached hydrogens (tertiary/aromatic N) is 1. The molecule has 2 aromatic rings. The quantitative estimate of drug-likeness (QED) is 0.749. The second kappa shape index (κ2) is 10.1. The zero-order chi connectivity index (χ0) is 21.6. The van der Waals surface area contributed by atoms with Crippen LogP contribution < -0.4 is 0 Å². The van der Waals surface area contributed by atoms with Crippen LogP contribution in [0.15, 0.2) is 42.5 Å². The van der Waals surface area contributed by atoms with E-state index in [0.29, 0.717) is 32.2 Å². The summed E-state index contributed by atoms with van der Waals surface area (Å²) < 4.78 is 5.40. The molecular weight excluding hydrogens is 390 g/mol. The van der Waals surface area contributed by atoms with E-state index in [1.165, 1.54) is 24.8 Å². The number of morpholine rings is 1. The predicted molar refractivity (Wildman–Crippen MR) is 120 cm³/mol. The van der Waals surface area contributed by atoms with Gasteiger partial charge in [0.2, 0.25) is 5.91 Å². The molecule has 1 aliphatic carbocycles. The molecule has 1 amide bonds. The van der Waals surface area contributed by atoms with Crippen LogP contribution in [-0.4, -0.2) is 48.2 Å². The van der Waals surface area contributed by atoms with E-state index in [4.69, 9.17) is 4.74 Å². The SMILES string of the molecule is O=C(O)Cc1cc(CC(=O)N2CCOCC2)c(-c2ccccc2)c(C2CCCCC2)c1. The van der Waals surface area contributed by atoms with Crippen LogP contribution in [0.3, 0.4) is 0 Å². The van der Waals surface area contributed by atoms with Crippen LogP contribution in [0.5, 0.6) is 0 Å². The first kappa shape index (κ1) is 21.6. The Bertz CT molecular complexity index is 913. The molecule has 164 valence electrons. The maximum Gasteiger partial charge on any atom is 0.307 e. The number of carbonyl (C=O) groups is 2. The van der Waals surface area contributed by atoms with E-state index in [-0.39, 0.29) is 18.7 Å². The van der Waals surface area contributed by atoms with Gasteiger partial charge in [-0.15, -0.1) is 0 Å². The minimum atomic E-state index is -0.840. The minimum absolute atomic E-state index is 0.0203. The van der Waals surface area contributed by atoms with Crippen molar-refractivity contribution in [2.45, 2.75) is 50.9 Å². The van der Waals surface area contributed by atoms with E-state index in [1.54, 1.807) is 0 Å². The number of amides is 1.